The van der Waals surface area contributed by atoms with Gasteiger partial charge >= 0.3 is 0 Å². The van der Waals surface area contributed by atoms with E-state index in [2.05, 4.69) is 25.2 Å². The van der Waals surface area contributed by atoms with Gasteiger partial charge in [0.1, 0.15) is 16.7 Å². The highest BCUT2D eigenvalue weighted by Gasteiger charge is 2.35. The average Bonchev–Trinajstić information content (AvgIpc) is 2.68. The Morgan fingerprint density at radius 1 is 1.12 bits per heavy atom. The molecule has 138 valence electrons. The normalized spacial score (nSPS) is 19.7. The van der Waals surface area contributed by atoms with Crippen LogP contribution in [0.3, 0.4) is 0 Å². The van der Waals surface area contributed by atoms with Crippen LogP contribution in [-0.4, -0.2) is 40.1 Å². The van der Waals surface area contributed by atoms with Crippen molar-refractivity contribution in [1.29, 1.82) is 0 Å². The Bertz CT molecular complexity index is 753. The molecule has 0 aliphatic carbocycles. The molecule has 2 aliphatic rings. The van der Waals surface area contributed by atoms with E-state index in [1.165, 1.54) is 43.9 Å². The Hall–Kier alpha value is -1.57. The van der Waals surface area contributed by atoms with Crippen molar-refractivity contribution in [2.24, 2.45) is 0 Å². The quantitative estimate of drug-likeness (QED) is 0.831. The molecule has 2 aromatic rings. The summed E-state index contributed by atoms with van der Waals surface area (Å²) in [4.78, 5) is 16.3. The first-order valence-electron chi connectivity index (χ1n) is 9.05. The van der Waals surface area contributed by atoms with Crippen molar-refractivity contribution in [1.82, 2.24) is 20.3 Å². The Kier molecular flexibility index (Phi) is 5.20. The first-order valence-corrected chi connectivity index (χ1v) is 10.2. The summed E-state index contributed by atoms with van der Waals surface area (Å²) in [7, 11) is 0. The van der Waals surface area contributed by atoms with Crippen LogP contribution in [0.1, 0.15) is 32.1 Å². The summed E-state index contributed by atoms with van der Waals surface area (Å²) >= 11 is 7.64. The molecule has 4 rings (SSSR count). The third kappa shape index (κ3) is 3.75. The Labute approximate surface area is 162 Å². The fourth-order valence-corrected chi connectivity index (χ4v) is 4.77. The molecule has 2 aliphatic heterocycles. The van der Waals surface area contributed by atoms with Crippen LogP contribution in [0.15, 0.2) is 34.6 Å². The predicted molar refractivity (Wildman–Crippen MR) is 106 cm³/mol. The largest absolute Gasteiger partial charge is 0.382 e. The van der Waals surface area contributed by atoms with Gasteiger partial charge in [0.05, 0.1) is 17.4 Å². The molecule has 2 fully saturated rings. The minimum Gasteiger partial charge on any atom is -0.382 e. The van der Waals surface area contributed by atoms with Gasteiger partial charge < -0.3 is 16.0 Å². The molecular formula is C18H23ClN6S. The Morgan fingerprint density at radius 3 is 2.65 bits per heavy atom. The molecular weight excluding hydrogens is 368 g/mol. The second kappa shape index (κ2) is 7.58. The summed E-state index contributed by atoms with van der Waals surface area (Å²) in [5, 5.41) is 5.02. The molecule has 6 nitrogen and oxygen atoms in total. The van der Waals surface area contributed by atoms with E-state index in [0.717, 1.165) is 35.4 Å². The smallest absolute Gasteiger partial charge is 0.147 e. The standard InChI is InChI=1S/C18H23ClN6S/c19-16-13(3-8-21-17(16)20)26-15-12-22-14(11-23-15)25-9-5-18(6-10-25)4-1-2-7-24-18/h3,8,11-12,24H,1-2,4-7,9-10H2,(H2,20,21). The van der Waals surface area contributed by atoms with E-state index < -0.39 is 0 Å². The first-order chi connectivity index (χ1) is 12.7. The van der Waals surface area contributed by atoms with Gasteiger partial charge in [-0.05, 0) is 38.3 Å². The highest BCUT2D eigenvalue weighted by molar-refractivity contribution is 7.99. The molecule has 8 heteroatoms. The number of pyridine rings is 1. The van der Waals surface area contributed by atoms with Crippen molar-refractivity contribution in [2.75, 3.05) is 30.3 Å². The molecule has 0 aromatic carbocycles. The molecule has 0 bridgehead atoms. The number of nitrogen functional groups attached to an aromatic ring is 1. The average molecular weight is 391 g/mol. The van der Waals surface area contributed by atoms with Gasteiger partial charge in [-0.2, -0.15) is 0 Å². The lowest BCUT2D eigenvalue weighted by Gasteiger charge is -2.45. The van der Waals surface area contributed by atoms with Crippen LogP contribution in [0.2, 0.25) is 5.02 Å². The second-order valence-electron chi connectivity index (χ2n) is 6.97. The van der Waals surface area contributed by atoms with E-state index in [1.807, 2.05) is 12.3 Å². The fourth-order valence-electron chi connectivity index (χ4n) is 3.78. The molecule has 0 amide bonds. The van der Waals surface area contributed by atoms with Gasteiger partial charge in [0.25, 0.3) is 0 Å². The summed E-state index contributed by atoms with van der Waals surface area (Å²) in [5.74, 6) is 1.28. The number of nitrogens with two attached hydrogens (primary N) is 1. The Morgan fingerprint density at radius 2 is 1.96 bits per heavy atom. The monoisotopic (exact) mass is 390 g/mol. The van der Waals surface area contributed by atoms with Crippen LogP contribution >= 0.6 is 23.4 Å². The summed E-state index contributed by atoms with van der Waals surface area (Å²) in [5.41, 5.74) is 6.11. The van der Waals surface area contributed by atoms with Crippen LogP contribution in [0.25, 0.3) is 0 Å². The summed E-state index contributed by atoms with van der Waals surface area (Å²) in [6.45, 7) is 3.22. The molecule has 4 heterocycles. The predicted octanol–water partition coefficient (Wildman–Crippen LogP) is 3.37. The zero-order valence-corrected chi connectivity index (χ0v) is 16.2. The molecule has 0 saturated carbocycles. The number of hydrogen-bond acceptors (Lipinski definition) is 7. The number of aromatic nitrogens is 3. The molecule has 3 N–H and O–H groups in total. The fraction of sp³-hybridized carbons (Fsp3) is 0.500. The Balaban J connectivity index is 1.40. The van der Waals surface area contributed by atoms with Crippen molar-refractivity contribution in [3.8, 4) is 0 Å². The van der Waals surface area contributed by atoms with Crippen molar-refractivity contribution >= 4 is 35.0 Å². The van der Waals surface area contributed by atoms with Gasteiger partial charge in [0.2, 0.25) is 0 Å². The molecule has 0 radical (unpaired) electrons. The summed E-state index contributed by atoms with van der Waals surface area (Å²) in [6.07, 6.45) is 11.6. The first kappa shape index (κ1) is 17.8. The summed E-state index contributed by atoms with van der Waals surface area (Å²) in [6, 6.07) is 1.83. The van der Waals surface area contributed by atoms with E-state index in [4.69, 9.17) is 17.3 Å². The summed E-state index contributed by atoms with van der Waals surface area (Å²) < 4.78 is 0. The highest BCUT2D eigenvalue weighted by atomic mass is 35.5. The van der Waals surface area contributed by atoms with Gasteiger partial charge in [-0.1, -0.05) is 29.8 Å². The van der Waals surface area contributed by atoms with Crippen LogP contribution in [0.4, 0.5) is 11.6 Å². The lowest BCUT2D eigenvalue weighted by Crippen LogP contribution is -2.55. The van der Waals surface area contributed by atoms with Gasteiger partial charge in [-0.3, -0.25) is 0 Å². The maximum Gasteiger partial charge on any atom is 0.147 e. The van der Waals surface area contributed by atoms with Crippen molar-refractivity contribution in [2.45, 2.75) is 47.6 Å². The molecule has 0 atom stereocenters. The van der Waals surface area contributed by atoms with E-state index in [0.29, 0.717) is 16.4 Å². The van der Waals surface area contributed by atoms with Gasteiger partial charge in [-0.15, -0.1) is 0 Å². The molecule has 2 aromatic heterocycles. The van der Waals surface area contributed by atoms with E-state index in [1.54, 1.807) is 12.4 Å². The van der Waals surface area contributed by atoms with Gasteiger partial charge in [-0.25, -0.2) is 15.0 Å². The minimum atomic E-state index is 0.333. The number of halogens is 1. The van der Waals surface area contributed by atoms with Crippen molar-refractivity contribution in [3.05, 3.63) is 29.7 Å². The van der Waals surface area contributed by atoms with Crippen LogP contribution in [0.5, 0.6) is 0 Å². The third-order valence-corrected chi connectivity index (χ3v) is 6.83. The number of anilines is 2. The maximum absolute atomic E-state index is 6.20. The van der Waals surface area contributed by atoms with Crippen molar-refractivity contribution in [3.63, 3.8) is 0 Å². The van der Waals surface area contributed by atoms with E-state index in [9.17, 15) is 0 Å². The second-order valence-corrected chi connectivity index (χ2v) is 8.41. The highest BCUT2D eigenvalue weighted by Crippen LogP contribution is 2.35. The number of rotatable bonds is 3. The van der Waals surface area contributed by atoms with Crippen LogP contribution in [0, 0.1) is 0 Å². The van der Waals surface area contributed by atoms with Gasteiger partial charge in [0.15, 0.2) is 0 Å². The minimum absolute atomic E-state index is 0.333. The lowest BCUT2D eigenvalue weighted by atomic mass is 9.80. The lowest BCUT2D eigenvalue weighted by molar-refractivity contribution is 0.205. The zero-order valence-electron chi connectivity index (χ0n) is 14.6. The van der Waals surface area contributed by atoms with Crippen molar-refractivity contribution < 1.29 is 0 Å². The van der Waals surface area contributed by atoms with Gasteiger partial charge in [0, 0.05) is 29.7 Å². The number of nitrogens with one attached hydrogen (secondary N) is 1. The maximum atomic E-state index is 6.20. The third-order valence-electron chi connectivity index (χ3n) is 5.34. The van der Waals surface area contributed by atoms with Crippen LogP contribution in [-0.2, 0) is 0 Å². The SMILES string of the molecule is Nc1nccc(Sc2cnc(N3CCC4(CCCCN4)CC3)cn2)c1Cl. The van der Waals surface area contributed by atoms with E-state index >= 15 is 0 Å². The van der Waals surface area contributed by atoms with E-state index in [-0.39, 0.29) is 0 Å². The number of hydrogen-bond donors (Lipinski definition) is 2. The zero-order chi connectivity index (χ0) is 18.0. The molecule has 2 saturated heterocycles. The molecule has 26 heavy (non-hydrogen) atoms. The molecule has 1 spiro atoms. The van der Waals surface area contributed by atoms with Crippen LogP contribution < -0.4 is 16.0 Å². The topological polar surface area (TPSA) is 80.0 Å². The molecule has 0 unspecified atom stereocenters. The number of piperidine rings is 2. The number of nitrogens with zero attached hydrogens (tertiary/aromatic N) is 4.